The summed E-state index contributed by atoms with van der Waals surface area (Å²) in [6.45, 7) is 5.02. The lowest BCUT2D eigenvalue weighted by molar-refractivity contribution is -0.129. The van der Waals surface area contributed by atoms with Crippen LogP contribution in [-0.4, -0.2) is 29.4 Å². The zero-order chi connectivity index (χ0) is 13.8. The molecule has 0 bridgehead atoms. The van der Waals surface area contributed by atoms with Crippen molar-refractivity contribution in [3.63, 3.8) is 0 Å². The van der Waals surface area contributed by atoms with Gasteiger partial charge in [0.1, 0.15) is 0 Å². The van der Waals surface area contributed by atoms with Gasteiger partial charge in [-0.1, -0.05) is 38.1 Å². The molecule has 0 unspecified atom stereocenters. The van der Waals surface area contributed by atoms with Gasteiger partial charge in [-0.2, -0.15) is 0 Å². The van der Waals surface area contributed by atoms with E-state index >= 15 is 0 Å². The van der Waals surface area contributed by atoms with E-state index in [-0.39, 0.29) is 5.91 Å². The third-order valence-electron chi connectivity index (χ3n) is 3.12. The van der Waals surface area contributed by atoms with Crippen molar-refractivity contribution in [2.75, 3.05) is 13.6 Å². The number of carbonyl (C=O) groups excluding carboxylic acids is 1. The van der Waals surface area contributed by atoms with E-state index in [1.807, 2.05) is 37.4 Å². The van der Waals surface area contributed by atoms with Crippen molar-refractivity contribution in [2.45, 2.75) is 20.3 Å². The normalized spacial score (nSPS) is 10.9. The Morgan fingerprint density at radius 1 is 1.26 bits per heavy atom. The molecule has 0 fully saturated rings. The maximum atomic E-state index is 12.2. The molecule has 19 heavy (non-hydrogen) atoms. The highest BCUT2D eigenvalue weighted by Crippen LogP contribution is 2.17. The van der Waals surface area contributed by atoms with Gasteiger partial charge in [-0.25, -0.2) is 0 Å². The lowest BCUT2D eigenvalue weighted by Gasteiger charge is -2.19. The second-order valence-corrected chi connectivity index (χ2v) is 5.34. The van der Waals surface area contributed by atoms with Gasteiger partial charge in [0.05, 0.1) is 11.9 Å². The molecule has 0 saturated carbocycles. The molecule has 0 aliphatic heterocycles. The molecular formula is C16H20N2O. The molecule has 100 valence electrons. The minimum atomic E-state index is 0.145. The first-order valence-electron chi connectivity index (χ1n) is 6.64. The fraction of sp³-hybridized carbons (Fsp3) is 0.375. The standard InChI is InChI=1S/C16H20N2O/c1-12(2)11-18(3)15(19)10-14-7-4-6-13-8-5-9-17-16(13)14/h4-9,12H,10-11H2,1-3H3. The van der Waals surface area contributed by atoms with Gasteiger partial charge in [-0.3, -0.25) is 9.78 Å². The highest BCUT2D eigenvalue weighted by molar-refractivity contribution is 5.87. The van der Waals surface area contributed by atoms with E-state index in [1.54, 1.807) is 11.1 Å². The maximum Gasteiger partial charge on any atom is 0.226 e. The maximum absolute atomic E-state index is 12.2. The average molecular weight is 256 g/mol. The number of hydrogen-bond donors (Lipinski definition) is 0. The molecule has 1 heterocycles. The van der Waals surface area contributed by atoms with Gasteiger partial charge >= 0.3 is 0 Å². The molecule has 2 rings (SSSR count). The molecule has 1 amide bonds. The van der Waals surface area contributed by atoms with Crippen molar-refractivity contribution in [3.05, 3.63) is 42.1 Å². The molecule has 0 N–H and O–H groups in total. The van der Waals surface area contributed by atoms with Crippen LogP contribution in [0.2, 0.25) is 0 Å². The molecule has 0 aliphatic rings. The summed E-state index contributed by atoms with van der Waals surface area (Å²) in [4.78, 5) is 18.4. The Kier molecular flexibility index (Phi) is 4.15. The van der Waals surface area contributed by atoms with E-state index in [1.165, 1.54) is 0 Å². The average Bonchev–Trinajstić information content (AvgIpc) is 2.38. The van der Waals surface area contributed by atoms with Gasteiger partial charge in [0.25, 0.3) is 0 Å². The van der Waals surface area contributed by atoms with Crippen LogP contribution >= 0.6 is 0 Å². The SMILES string of the molecule is CC(C)CN(C)C(=O)Cc1cccc2cccnc12. The Bertz CT molecular complexity index is 572. The van der Waals surface area contributed by atoms with Crippen LogP contribution in [0, 0.1) is 5.92 Å². The highest BCUT2D eigenvalue weighted by Gasteiger charge is 2.12. The summed E-state index contributed by atoms with van der Waals surface area (Å²) in [6, 6.07) is 9.92. The molecule has 3 nitrogen and oxygen atoms in total. The molecule has 0 atom stereocenters. The van der Waals surface area contributed by atoms with Gasteiger partial charge in [-0.05, 0) is 17.5 Å². The third-order valence-corrected chi connectivity index (χ3v) is 3.12. The molecule has 1 aromatic heterocycles. The highest BCUT2D eigenvalue weighted by atomic mass is 16.2. The van der Waals surface area contributed by atoms with Crippen LogP contribution in [0.4, 0.5) is 0 Å². The smallest absolute Gasteiger partial charge is 0.226 e. The van der Waals surface area contributed by atoms with Crippen LogP contribution in [0.25, 0.3) is 10.9 Å². The number of fused-ring (bicyclic) bond motifs is 1. The monoisotopic (exact) mass is 256 g/mol. The van der Waals surface area contributed by atoms with Crippen molar-refractivity contribution in [1.29, 1.82) is 0 Å². The van der Waals surface area contributed by atoms with E-state index in [9.17, 15) is 4.79 Å². The van der Waals surface area contributed by atoms with Crippen molar-refractivity contribution in [3.8, 4) is 0 Å². The third kappa shape index (κ3) is 3.31. The van der Waals surface area contributed by atoms with Crippen LogP contribution in [0.1, 0.15) is 19.4 Å². The van der Waals surface area contributed by atoms with Crippen molar-refractivity contribution >= 4 is 16.8 Å². The van der Waals surface area contributed by atoms with Crippen molar-refractivity contribution in [1.82, 2.24) is 9.88 Å². The summed E-state index contributed by atoms with van der Waals surface area (Å²) in [5.41, 5.74) is 1.93. The fourth-order valence-electron chi connectivity index (χ4n) is 2.26. The number of rotatable bonds is 4. The predicted molar refractivity (Wildman–Crippen MR) is 77.9 cm³/mol. The second kappa shape index (κ2) is 5.83. The first-order chi connectivity index (χ1) is 9.08. The summed E-state index contributed by atoms with van der Waals surface area (Å²) in [5.74, 6) is 0.631. The zero-order valence-corrected chi connectivity index (χ0v) is 11.8. The van der Waals surface area contributed by atoms with Gasteiger partial charge in [-0.15, -0.1) is 0 Å². The number of likely N-dealkylation sites (N-methyl/N-ethyl adjacent to an activating group) is 1. The van der Waals surface area contributed by atoms with Gasteiger partial charge in [0.15, 0.2) is 0 Å². The van der Waals surface area contributed by atoms with Gasteiger partial charge in [0.2, 0.25) is 5.91 Å². The predicted octanol–water partition coefficient (Wildman–Crippen LogP) is 2.89. The van der Waals surface area contributed by atoms with E-state index < -0.39 is 0 Å². The number of amides is 1. The Morgan fingerprint density at radius 3 is 2.74 bits per heavy atom. The zero-order valence-electron chi connectivity index (χ0n) is 11.8. The number of hydrogen-bond acceptors (Lipinski definition) is 2. The number of nitrogens with zero attached hydrogens (tertiary/aromatic N) is 2. The Morgan fingerprint density at radius 2 is 2.00 bits per heavy atom. The first-order valence-corrected chi connectivity index (χ1v) is 6.64. The van der Waals surface area contributed by atoms with Crippen LogP contribution in [0.3, 0.4) is 0 Å². The van der Waals surface area contributed by atoms with E-state index in [0.29, 0.717) is 12.3 Å². The van der Waals surface area contributed by atoms with Crippen LogP contribution in [0.15, 0.2) is 36.5 Å². The minimum absolute atomic E-state index is 0.145. The molecule has 0 radical (unpaired) electrons. The quantitative estimate of drug-likeness (QED) is 0.842. The summed E-state index contributed by atoms with van der Waals surface area (Å²) >= 11 is 0. The van der Waals surface area contributed by atoms with E-state index in [2.05, 4.69) is 18.8 Å². The second-order valence-electron chi connectivity index (χ2n) is 5.34. The van der Waals surface area contributed by atoms with Crippen LogP contribution < -0.4 is 0 Å². The van der Waals surface area contributed by atoms with Crippen molar-refractivity contribution in [2.24, 2.45) is 5.92 Å². The van der Waals surface area contributed by atoms with Crippen molar-refractivity contribution < 1.29 is 4.79 Å². The molecule has 2 aromatic rings. The van der Waals surface area contributed by atoms with E-state index in [0.717, 1.165) is 23.0 Å². The number of benzene rings is 1. The topological polar surface area (TPSA) is 33.2 Å². The number of pyridine rings is 1. The molecule has 3 heteroatoms. The summed E-state index contributed by atoms with van der Waals surface area (Å²) in [6.07, 6.45) is 2.19. The summed E-state index contributed by atoms with van der Waals surface area (Å²) in [5, 5.41) is 1.08. The fourth-order valence-corrected chi connectivity index (χ4v) is 2.26. The largest absolute Gasteiger partial charge is 0.345 e. The number of para-hydroxylation sites is 1. The van der Waals surface area contributed by atoms with Gasteiger partial charge in [0, 0.05) is 25.2 Å². The molecular weight excluding hydrogens is 236 g/mol. The Balaban J connectivity index is 2.19. The molecule has 0 saturated heterocycles. The Labute approximate surface area is 114 Å². The number of carbonyl (C=O) groups is 1. The lowest BCUT2D eigenvalue weighted by atomic mass is 10.1. The van der Waals surface area contributed by atoms with Crippen LogP contribution in [0.5, 0.6) is 0 Å². The minimum Gasteiger partial charge on any atom is -0.345 e. The lowest BCUT2D eigenvalue weighted by Crippen LogP contribution is -2.31. The van der Waals surface area contributed by atoms with Gasteiger partial charge < -0.3 is 4.90 Å². The Hall–Kier alpha value is -1.90. The van der Waals surface area contributed by atoms with Crippen LogP contribution in [-0.2, 0) is 11.2 Å². The molecule has 0 spiro atoms. The number of aromatic nitrogens is 1. The first kappa shape index (κ1) is 13.5. The molecule has 1 aromatic carbocycles. The molecule has 0 aliphatic carbocycles. The summed E-state index contributed by atoms with van der Waals surface area (Å²) < 4.78 is 0. The van der Waals surface area contributed by atoms with E-state index in [4.69, 9.17) is 0 Å². The summed E-state index contributed by atoms with van der Waals surface area (Å²) in [7, 11) is 1.86.